The van der Waals surface area contributed by atoms with Crippen molar-refractivity contribution < 1.29 is 23.9 Å². The molecule has 2 N–H and O–H groups in total. The van der Waals surface area contributed by atoms with E-state index in [9.17, 15) is 14.4 Å². The van der Waals surface area contributed by atoms with Crippen LogP contribution in [-0.4, -0.2) is 37.7 Å². The SMILES string of the molecule is CC[C@H](C)NC(=O)NC(=O)COc1cccc(C(=O)OC)c1. The Hall–Kier alpha value is -2.57. The number of imide groups is 1. The predicted molar refractivity (Wildman–Crippen MR) is 79.7 cm³/mol. The van der Waals surface area contributed by atoms with E-state index in [0.717, 1.165) is 6.42 Å². The van der Waals surface area contributed by atoms with E-state index in [4.69, 9.17) is 4.74 Å². The highest BCUT2D eigenvalue weighted by atomic mass is 16.5. The molecule has 22 heavy (non-hydrogen) atoms. The number of hydrogen-bond donors (Lipinski definition) is 2. The molecule has 0 saturated carbocycles. The molecule has 0 aliphatic heterocycles. The molecule has 1 rings (SSSR count). The minimum Gasteiger partial charge on any atom is -0.484 e. The van der Waals surface area contributed by atoms with E-state index in [2.05, 4.69) is 15.4 Å². The number of carbonyl (C=O) groups is 3. The lowest BCUT2D eigenvalue weighted by molar-refractivity contribution is -0.122. The second kappa shape index (κ2) is 8.66. The summed E-state index contributed by atoms with van der Waals surface area (Å²) in [5, 5.41) is 4.76. The molecule has 0 heterocycles. The molecule has 0 fully saturated rings. The van der Waals surface area contributed by atoms with Crippen molar-refractivity contribution >= 4 is 17.9 Å². The van der Waals surface area contributed by atoms with Gasteiger partial charge in [-0.15, -0.1) is 0 Å². The van der Waals surface area contributed by atoms with Crippen molar-refractivity contribution in [2.75, 3.05) is 13.7 Å². The number of esters is 1. The number of carbonyl (C=O) groups excluding carboxylic acids is 3. The molecular weight excluding hydrogens is 288 g/mol. The van der Waals surface area contributed by atoms with Crippen LogP contribution in [0.25, 0.3) is 0 Å². The first-order valence-corrected chi connectivity index (χ1v) is 6.87. The molecule has 3 amide bonds. The third-order valence-corrected chi connectivity index (χ3v) is 2.87. The van der Waals surface area contributed by atoms with Crippen molar-refractivity contribution in [1.29, 1.82) is 0 Å². The van der Waals surface area contributed by atoms with Crippen LogP contribution in [0.4, 0.5) is 4.79 Å². The van der Waals surface area contributed by atoms with Crippen molar-refractivity contribution in [3.8, 4) is 5.75 Å². The Morgan fingerprint density at radius 1 is 1.27 bits per heavy atom. The fourth-order valence-corrected chi connectivity index (χ4v) is 1.50. The zero-order valence-corrected chi connectivity index (χ0v) is 12.8. The number of rotatable bonds is 6. The topological polar surface area (TPSA) is 93.7 Å². The highest BCUT2D eigenvalue weighted by molar-refractivity contribution is 5.95. The first-order chi connectivity index (χ1) is 10.5. The maximum atomic E-state index is 11.6. The van der Waals surface area contributed by atoms with Crippen LogP contribution in [0.15, 0.2) is 24.3 Å². The van der Waals surface area contributed by atoms with Crippen molar-refractivity contribution in [2.45, 2.75) is 26.3 Å². The van der Waals surface area contributed by atoms with Gasteiger partial charge in [0.15, 0.2) is 6.61 Å². The average molecular weight is 308 g/mol. The maximum absolute atomic E-state index is 11.6. The highest BCUT2D eigenvalue weighted by Crippen LogP contribution is 2.13. The molecule has 0 radical (unpaired) electrons. The van der Waals surface area contributed by atoms with Crippen LogP contribution in [0.1, 0.15) is 30.6 Å². The quantitative estimate of drug-likeness (QED) is 0.776. The van der Waals surface area contributed by atoms with E-state index in [1.807, 2.05) is 13.8 Å². The van der Waals surface area contributed by atoms with Crippen molar-refractivity contribution in [1.82, 2.24) is 10.6 Å². The van der Waals surface area contributed by atoms with Crippen molar-refractivity contribution in [2.24, 2.45) is 0 Å². The summed E-state index contributed by atoms with van der Waals surface area (Å²) in [6.45, 7) is 3.42. The smallest absolute Gasteiger partial charge is 0.337 e. The lowest BCUT2D eigenvalue weighted by Gasteiger charge is -2.12. The monoisotopic (exact) mass is 308 g/mol. The number of methoxy groups -OCH3 is 1. The predicted octanol–water partition coefficient (Wildman–Crippen LogP) is 1.48. The molecular formula is C15H20N2O5. The van der Waals surface area contributed by atoms with Gasteiger partial charge in [0.25, 0.3) is 5.91 Å². The van der Waals surface area contributed by atoms with Crippen LogP contribution >= 0.6 is 0 Å². The normalized spacial score (nSPS) is 11.2. The van der Waals surface area contributed by atoms with Gasteiger partial charge in [-0.2, -0.15) is 0 Å². The molecule has 0 spiro atoms. The number of ether oxygens (including phenoxy) is 2. The van der Waals surface area contributed by atoms with E-state index in [0.29, 0.717) is 11.3 Å². The van der Waals surface area contributed by atoms with Crippen LogP contribution in [0.3, 0.4) is 0 Å². The van der Waals surface area contributed by atoms with Gasteiger partial charge >= 0.3 is 12.0 Å². The van der Waals surface area contributed by atoms with Gasteiger partial charge < -0.3 is 14.8 Å². The third-order valence-electron chi connectivity index (χ3n) is 2.87. The van der Waals surface area contributed by atoms with Gasteiger partial charge in [0.2, 0.25) is 0 Å². The Morgan fingerprint density at radius 2 is 2.00 bits per heavy atom. The number of urea groups is 1. The highest BCUT2D eigenvalue weighted by Gasteiger charge is 2.11. The summed E-state index contributed by atoms with van der Waals surface area (Å²) in [6, 6.07) is 5.64. The lowest BCUT2D eigenvalue weighted by Crippen LogP contribution is -2.44. The van der Waals surface area contributed by atoms with E-state index in [-0.39, 0.29) is 12.6 Å². The first kappa shape index (κ1) is 17.5. The van der Waals surface area contributed by atoms with Gasteiger partial charge in [-0.05, 0) is 31.5 Å². The molecule has 0 aliphatic rings. The largest absolute Gasteiger partial charge is 0.484 e. The molecule has 7 nitrogen and oxygen atoms in total. The molecule has 0 saturated heterocycles. The molecule has 1 atom stereocenters. The molecule has 1 aromatic rings. The summed E-state index contributed by atoms with van der Waals surface area (Å²) in [7, 11) is 1.28. The Labute approximate surface area is 129 Å². The molecule has 1 aromatic carbocycles. The molecule has 0 unspecified atom stereocenters. The van der Waals surface area contributed by atoms with Gasteiger partial charge in [-0.25, -0.2) is 9.59 Å². The van der Waals surface area contributed by atoms with Crippen molar-refractivity contribution in [3.05, 3.63) is 29.8 Å². The van der Waals surface area contributed by atoms with Crippen LogP contribution < -0.4 is 15.4 Å². The van der Waals surface area contributed by atoms with Crippen molar-refractivity contribution in [3.63, 3.8) is 0 Å². The Morgan fingerprint density at radius 3 is 2.64 bits per heavy atom. The molecule has 0 bridgehead atoms. The zero-order chi connectivity index (χ0) is 16.5. The third kappa shape index (κ3) is 5.82. The number of benzene rings is 1. The Bertz CT molecular complexity index is 544. The van der Waals surface area contributed by atoms with Gasteiger partial charge in [0, 0.05) is 6.04 Å². The first-order valence-electron chi connectivity index (χ1n) is 6.87. The van der Waals surface area contributed by atoms with Gasteiger partial charge in [-0.3, -0.25) is 10.1 Å². The summed E-state index contributed by atoms with van der Waals surface area (Å²) in [5.74, 6) is -0.743. The minimum absolute atomic E-state index is 0.0227. The van der Waals surface area contributed by atoms with Gasteiger partial charge in [-0.1, -0.05) is 13.0 Å². The zero-order valence-electron chi connectivity index (χ0n) is 12.8. The second-order valence-corrected chi connectivity index (χ2v) is 4.64. The second-order valence-electron chi connectivity index (χ2n) is 4.64. The molecule has 0 aliphatic carbocycles. The standard InChI is InChI=1S/C15H20N2O5/c1-4-10(2)16-15(20)17-13(18)9-22-12-7-5-6-11(8-12)14(19)21-3/h5-8,10H,4,9H2,1-3H3,(H2,16,17,18,20)/t10-/m0/s1. The summed E-state index contributed by atoms with van der Waals surface area (Å²) >= 11 is 0. The Kier molecular flexibility index (Phi) is 6.88. The van der Waals surface area contributed by atoms with Crippen LogP contribution in [0, 0.1) is 0 Å². The van der Waals surface area contributed by atoms with E-state index < -0.39 is 17.9 Å². The molecule has 7 heteroatoms. The fraction of sp³-hybridized carbons (Fsp3) is 0.400. The maximum Gasteiger partial charge on any atom is 0.337 e. The molecule has 120 valence electrons. The Balaban J connectivity index is 2.47. The summed E-state index contributed by atoms with van der Waals surface area (Å²) in [5.41, 5.74) is 0.315. The number of nitrogens with one attached hydrogen (secondary N) is 2. The summed E-state index contributed by atoms with van der Waals surface area (Å²) in [6.07, 6.45) is 0.762. The lowest BCUT2D eigenvalue weighted by atomic mass is 10.2. The van der Waals surface area contributed by atoms with Crippen LogP contribution in [0.2, 0.25) is 0 Å². The van der Waals surface area contributed by atoms with E-state index in [1.165, 1.54) is 13.2 Å². The minimum atomic E-state index is -0.579. The van der Waals surface area contributed by atoms with Crippen LogP contribution in [-0.2, 0) is 9.53 Å². The molecule has 0 aromatic heterocycles. The van der Waals surface area contributed by atoms with Gasteiger partial charge in [0.1, 0.15) is 5.75 Å². The number of amides is 3. The summed E-state index contributed by atoms with van der Waals surface area (Å²) < 4.78 is 9.83. The van der Waals surface area contributed by atoms with E-state index >= 15 is 0 Å². The number of hydrogen-bond acceptors (Lipinski definition) is 5. The van der Waals surface area contributed by atoms with Crippen LogP contribution in [0.5, 0.6) is 5.75 Å². The summed E-state index contributed by atoms with van der Waals surface area (Å²) in [4.78, 5) is 34.4. The fourth-order valence-electron chi connectivity index (χ4n) is 1.50. The average Bonchev–Trinajstić information content (AvgIpc) is 2.52. The van der Waals surface area contributed by atoms with Gasteiger partial charge in [0.05, 0.1) is 12.7 Å². The van der Waals surface area contributed by atoms with E-state index in [1.54, 1.807) is 18.2 Å².